The molecule has 2 aromatic rings. The van der Waals surface area contributed by atoms with Crippen LogP contribution in [0.5, 0.6) is 0 Å². The number of hydrogen-bond acceptors (Lipinski definition) is 2. The first kappa shape index (κ1) is 13.3. The fourth-order valence-electron chi connectivity index (χ4n) is 1.80. The molecule has 0 spiro atoms. The molecule has 0 radical (unpaired) electrons. The lowest BCUT2D eigenvalue weighted by Gasteiger charge is -2.15. The van der Waals surface area contributed by atoms with Crippen molar-refractivity contribution in [2.24, 2.45) is 0 Å². The molecule has 0 saturated carbocycles. The van der Waals surface area contributed by atoms with E-state index in [4.69, 9.17) is 23.2 Å². The zero-order valence-corrected chi connectivity index (χ0v) is 11.1. The third-order valence-electron chi connectivity index (χ3n) is 2.66. The molecule has 0 bridgehead atoms. The van der Waals surface area contributed by atoms with E-state index in [9.17, 15) is 9.50 Å². The molecule has 18 heavy (non-hydrogen) atoms. The maximum Gasteiger partial charge on any atom is 0.130 e. The topological polar surface area (TPSA) is 38.0 Å². The van der Waals surface area contributed by atoms with Crippen molar-refractivity contribution in [3.63, 3.8) is 0 Å². The van der Waals surface area contributed by atoms with Gasteiger partial charge in [-0.3, -0.25) is 4.68 Å². The van der Waals surface area contributed by atoms with Gasteiger partial charge < -0.3 is 5.11 Å². The van der Waals surface area contributed by atoms with E-state index in [0.29, 0.717) is 12.2 Å². The predicted octanol–water partition coefficient (Wildman–Crippen LogP) is 3.43. The Balaban J connectivity index is 2.54. The van der Waals surface area contributed by atoms with Gasteiger partial charge in [-0.2, -0.15) is 5.10 Å². The van der Waals surface area contributed by atoms with Gasteiger partial charge in [0.1, 0.15) is 11.9 Å². The van der Waals surface area contributed by atoms with Gasteiger partial charge in [-0.15, -0.1) is 0 Å². The molecule has 2 rings (SSSR count). The van der Waals surface area contributed by atoms with Crippen LogP contribution in [-0.4, -0.2) is 14.9 Å². The molecule has 0 aliphatic heterocycles. The number of aliphatic hydroxyl groups excluding tert-OH is 1. The monoisotopic (exact) mass is 288 g/mol. The average Bonchev–Trinajstić information content (AvgIpc) is 2.70. The van der Waals surface area contributed by atoms with Crippen molar-refractivity contribution in [3.8, 4) is 0 Å². The Morgan fingerprint density at radius 1 is 1.39 bits per heavy atom. The highest BCUT2D eigenvalue weighted by molar-refractivity contribution is 6.32. The van der Waals surface area contributed by atoms with Crippen molar-refractivity contribution in [3.05, 3.63) is 51.5 Å². The molecule has 1 unspecified atom stereocenters. The smallest absolute Gasteiger partial charge is 0.130 e. The van der Waals surface area contributed by atoms with Crippen LogP contribution in [0.15, 0.2) is 24.4 Å². The standard InChI is InChI=1S/C12H11Cl2FN2O/c1-2-17-11(8(14)6-16-17)12(18)10-7(13)4-3-5-9(10)15/h3-6,12,18H,2H2,1H3. The van der Waals surface area contributed by atoms with Gasteiger partial charge in [-0.25, -0.2) is 4.39 Å². The van der Waals surface area contributed by atoms with Crippen LogP contribution in [-0.2, 0) is 6.54 Å². The second kappa shape index (κ2) is 5.26. The summed E-state index contributed by atoms with van der Waals surface area (Å²) in [7, 11) is 0. The van der Waals surface area contributed by atoms with Crippen molar-refractivity contribution in [2.45, 2.75) is 19.6 Å². The molecule has 1 aromatic carbocycles. The van der Waals surface area contributed by atoms with Crippen LogP contribution in [0.4, 0.5) is 4.39 Å². The molecular weight excluding hydrogens is 278 g/mol. The second-order valence-corrected chi connectivity index (χ2v) is 4.55. The fourth-order valence-corrected chi connectivity index (χ4v) is 2.32. The van der Waals surface area contributed by atoms with Gasteiger partial charge in [0.15, 0.2) is 0 Å². The van der Waals surface area contributed by atoms with Crippen LogP contribution in [0.1, 0.15) is 24.3 Å². The SMILES string of the molecule is CCn1ncc(Cl)c1C(O)c1c(F)cccc1Cl. The Labute approximate surface area is 114 Å². The Bertz CT molecular complexity index is 551. The molecule has 1 atom stereocenters. The van der Waals surface area contributed by atoms with Crippen molar-refractivity contribution in [1.29, 1.82) is 0 Å². The third kappa shape index (κ3) is 2.23. The average molecular weight is 289 g/mol. The molecular formula is C12H11Cl2FN2O. The van der Waals surface area contributed by atoms with Gasteiger partial charge in [0, 0.05) is 17.1 Å². The summed E-state index contributed by atoms with van der Waals surface area (Å²) in [5, 5.41) is 14.7. The molecule has 0 aliphatic rings. The van der Waals surface area contributed by atoms with Crippen LogP contribution in [0.25, 0.3) is 0 Å². The van der Waals surface area contributed by atoms with Gasteiger partial charge in [-0.05, 0) is 19.1 Å². The highest BCUT2D eigenvalue weighted by Gasteiger charge is 2.24. The molecule has 0 fully saturated rings. The number of halogens is 3. The van der Waals surface area contributed by atoms with E-state index in [1.54, 1.807) is 0 Å². The van der Waals surface area contributed by atoms with Crippen molar-refractivity contribution in [1.82, 2.24) is 9.78 Å². The highest BCUT2D eigenvalue weighted by Crippen LogP contribution is 2.33. The Kier molecular flexibility index (Phi) is 3.90. The molecule has 96 valence electrons. The summed E-state index contributed by atoms with van der Waals surface area (Å²) in [5.74, 6) is -0.574. The van der Waals surface area contributed by atoms with E-state index in [1.165, 1.54) is 29.1 Å². The Morgan fingerprint density at radius 3 is 2.72 bits per heavy atom. The third-order valence-corrected chi connectivity index (χ3v) is 3.29. The molecule has 3 nitrogen and oxygen atoms in total. The van der Waals surface area contributed by atoms with Crippen molar-refractivity contribution >= 4 is 23.2 Å². The Morgan fingerprint density at radius 2 is 2.11 bits per heavy atom. The van der Waals surface area contributed by atoms with E-state index in [2.05, 4.69) is 5.10 Å². The lowest BCUT2D eigenvalue weighted by atomic mass is 10.1. The minimum atomic E-state index is -1.24. The number of benzene rings is 1. The summed E-state index contributed by atoms with van der Waals surface area (Å²) in [6.45, 7) is 2.37. The lowest BCUT2D eigenvalue weighted by molar-refractivity contribution is 0.203. The van der Waals surface area contributed by atoms with Gasteiger partial charge in [-0.1, -0.05) is 29.3 Å². The molecule has 1 aromatic heterocycles. The minimum Gasteiger partial charge on any atom is -0.382 e. The first-order valence-electron chi connectivity index (χ1n) is 5.39. The normalized spacial score (nSPS) is 12.7. The van der Waals surface area contributed by atoms with E-state index in [-0.39, 0.29) is 15.6 Å². The highest BCUT2D eigenvalue weighted by atomic mass is 35.5. The maximum atomic E-state index is 13.7. The second-order valence-electron chi connectivity index (χ2n) is 3.73. The lowest BCUT2D eigenvalue weighted by Crippen LogP contribution is -2.11. The summed E-state index contributed by atoms with van der Waals surface area (Å²) in [6, 6.07) is 4.24. The largest absolute Gasteiger partial charge is 0.382 e. The van der Waals surface area contributed by atoms with Gasteiger partial charge in [0.05, 0.1) is 16.9 Å². The summed E-state index contributed by atoms with van der Waals surface area (Å²) < 4.78 is 15.3. The molecule has 0 amide bonds. The van der Waals surface area contributed by atoms with Crippen LogP contribution in [0, 0.1) is 5.82 Å². The molecule has 0 saturated heterocycles. The summed E-state index contributed by atoms with van der Waals surface area (Å²) in [6.07, 6.45) is 0.173. The van der Waals surface area contributed by atoms with E-state index >= 15 is 0 Å². The molecule has 1 heterocycles. The summed E-state index contributed by atoms with van der Waals surface area (Å²) >= 11 is 11.9. The zero-order valence-electron chi connectivity index (χ0n) is 9.57. The first-order chi connectivity index (χ1) is 8.56. The van der Waals surface area contributed by atoms with E-state index in [0.717, 1.165) is 0 Å². The number of nitrogens with zero attached hydrogens (tertiary/aromatic N) is 2. The van der Waals surface area contributed by atoms with Gasteiger partial charge in [0.25, 0.3) is 0 Å². The van der Waals surface area contributed by atoms with Crippen LogP contribution in [0.3, 0.4) is 0 Å². The van der Waals surface area contributed by atoms with Crippen molar-refractivity contribution < 1.29 is 9.50 Å². The fraction of sp³-hybridized carbons (Fsp3) is 0.250. The van der Waals surface area contributed by atoms with E-state index < -0.39 is 11.9 Å². The first-order valence-corrected chi connectivity index (χ1v) is 6.15. The zero-order chi connectivity index (χ0) is 13.3. The number of aliphatic hydroxyl groups is 1. The Hall–Kier alpha value is -1.10. The predicted molar refractivity (Wildman–Crippen MR) is 68.4 cm³/mol. The van der Waals surface area contributed by atoms with Gasteiger partial charge in [0.2, 0.25) is 0 Å². The number of rotatable bonds is 3. The van der Waals surface area contributed by atoms with Crippen LogP contribution in [0.2, 0.25) is 10.0 Å². The molecule has 0 aliphatic carbocycles. The summed E-state index contributed by atoms with van der Waals surface area (Å²) in [4.78, 5) is 0. The van der Waals surface area contributed by atoms with Crippen LogP contribution < -0.4 is 0 Å². The van der Waals surface area contributed by atoms with Crippen molar-refractivity contribution in [2.75, 3.05) is 0 Å². The quantitative estimate of drug-likeness (QED) is 0.940. The number of aryl methyl sites for hydroxylation is 1. The minimum absolute atomic E-state index is 0.0104. The summed E-state index contributed by atoms with van der Waals surface area (Å²) in [5.41, 5.74) is 0.349. The molecule has 1 N–H and O–H groups in total. The molecule has 6 heteroatoms. The maximum absolute atomic E-state index is 13.7. The number of aromatic nitrogens is 2. The van der Waals surface area contributed by atoms with Gasteiger partial charge >= 0.3 is 0 Å². The van der Waals surface area contributed by atoms with Crippen LogP contribution >= 0.6 is 23.2 Å². The number of hydrogen-bond donors (Lipinski definition) is 1. The van der Waals surface area contributed by atoms with E-state index in [1.807, 2.05) is 6.92 Å².